The van der Waals surface area contributed by atoms with Crippen LogP contribution in [0.2, 0.25) is 0 Å². The van der Waals surface area contributed by atoms with Gasteiger partial charge in [0.15, 0.2) is 0 Å². The second-order valence-electron chi connectivity index (χ2n) is 5.21. The summed E-state index contributed by atoms with van der Waals surface area (Å²) in [6.07, 6.45) is 0. The molecule has 4 rings (SSSR count). The largest absolute Gasteiger partial charge is 0.354 e. The fourth-order valence-electron chi connectivity index (χ4n) is 3.00. The summed E-state index contributed by atoms with van der Waals surface area (Å²) in [5.41, 5.74) is 6.32. The highest BCUT2D eigenvalue weighted by molar-refractivity contribution is 6.14. The fraction of sp³-hybridized carbons (Fsp3) is 0.0526. The number of nitrogens with one attached hydrogen (secondary N) is 1. The topological polar surface area (TPSA) is 15.8 Å². The van der Waals surface area contributed by atoms with Crippen LogP contribution in [-0.2, 0) is 0 Å². The molecular formula is C19H15N. The third kappa shape index (κ3) is 1.56. The van der Waals surface area contributed by atoms with Crippen molar-refractivity contribution in [1.29, 1.82) is 0 Å². The zero-order valence-corrected chi connectivity index (χ0v) is 11.4. The molecule has 0 radical (unpaired) electrons. The van der Waals surface area contributed by atoms with Crippen LogP contribution in [0.1, 0.15) is 5.56 Å². The smallest absolute Gasteiger partial charge is 0.0471 e. The van der Waals surface area contributed by atoms with Crippen LogP contribution in [0.5, 0.6) is 0 Å². The SMILES string of the molecule is Cc1ccccc1-c1cccc2[nH]c3ccccc3c12. The lowest BCUT2D eigenvalue weighted by molar-refractivity contribution is 1.47. The van der Waals surface area contributed by atoms with Gasteiger partial charge in [0.05, 0.1) is 0 Å². The van der Waals surface area contributed by atoms with Crippen molar-refractivity contribution in [3.05, 3.63) is 72.3 Å². The molecule has 4 aromatic rings. The molecule has 1 heterocycles. The number of H-pyrrole nitrogens is 1. The first-order valence-electron chi connectivity index (χ1n) is 6.90. The van der Waals surface area contributed by atoms with E-state index in [-0.39, 0.29) is 0 Å². The molecule has 3 aromatic carbocycles. The zero-order chi connectivity index (χ0) is 13.5. The van der Waals surface area contributed by atoms with Gasteiger partial charge in [-0.25, -0.2) is 0 Å². The molecule has 96 valence electrons. The standard InChI is InChI=1S/C19H15N/c1-13-7-2-3-8-14(13)15-10-6-12-18-19(15)16-9-4-5-11-17(16)20-18/h2-12,20H,1H3. The van der Waals surface area contributed by atoms with Crippen molar-refractivity contribution in [2.24, 2.45) is 0 Å². The molecular weight excluding hydrogens is 242 g/mol. The molecule has 0 spiro atoms. The third-order valence-electron chi connectivity index (χ3n) is 3.97. The van der Waals surface area contributed by atoms with Gasteiger partial charge in [0, 0.05) is 21.8 Å². The van der Waals surface area contributed by atoms with E-state index >= 15 is 0 Å². The van der Waals surface area contributed by atoms with Gasteiger partial charge in [0.2, 0.25) is 0 Å². The van der Waals surface area contributed by atoms with E-state index < -0.39 is 0 Å². The first-order valence-corrected chi connectivity index (χ1v) is 6.90. The van der Waals surface area contributed by atoms with Crippen LogP contribution in [0.15, 0.2) is 66.7 Å². The van der Waals surface area contributed by atoms with Crippen molar-refractivity contribution >= 4 is 21.8 Å². The van der Waals surface area contributed by atoms with Crippen LogP contribution >= 0.6 is 0 Å². The molecule has 0 atom stereocenters. The highest BCUT2D eigenvalue weighted by atomic mass is 14.7. The molecule has 0 saturated heterocycles. The van der Waals surface area contributed by atoms with E-state index in [1.807, 2.05) is 0 Å². The van der Waals surface area contributed by atoms with Gasteiger partial charge in [-0.3, -0.25) is 0 Å². The van der Waals surface area contributed by atoms with Crippen molar-refractivity contribution in [1.82, 2.24) is 4.98 Å². The third-order valence-corrected chi connectivity index (χ3v) is 3.97. The number of fused-ring (bicyclic) bond motifs is 3. The predicted molar refractivity (Wildman–Crippen MR) is 86.0 cm³/mol. The number of hydrogen-bond acceptors (Lipinski definition) is 0. The van der Waals surface area contributed by atoms with Gasteiger partial charge in [-0.2, -0.15) is 0 Å². The minimum Gasteiger partial charge on any atom is -0.354 e. The van der Waals surface area contributed by atoms with Crippen LogP contribution in [0.3, 0.4) is 0 Å². The lowest BCUT2D eigenvalue weighted by Gasteiger charge is -2.07. The van der Waals surface area contributed by atoms with Crippen molar-refractivity contribution in [3.8, 4) is 11.1 Å². The van der Waals surface area contributed by atoms with Crippen molar-refractivity contribution in [2.45, 2.75) is 6.92 Å². The summed E-state index contributed by atoms with van der Waals surface area (Å²) in [6, 6.07) is 23.6. The maximum atomic E-state index is 3.51. The summed E-state index contributed by atoms with van der Waals surface area (Å²) in [7, 11) is 0. The molecule has 20 heavy (non-hydrogen) atoms. The number of hydrogen-bond donors (Lipinski definition) is 1. The second kappa shape index (κ2) is 4.24. The summed E-state index contributed by atoms with van der Waals surface area (Å²) in [5.74, 6) is 0. The van der Waals surface area contributed by atoms with Crippen molar-refractivity contribution in [2.75, 3.05) is 0 Å². The van der Waals surface area contributed by atoms with E-state index in [0.29, 0.717) is 0 Å². The Labute approximate surface area is 117 Å². The van der Waals surface area contributed by atoms with Crippen LogP contribution in [0.25, 0.3) is 32.9 Å². The van der Waals surface area contributed by atoms with Crippen LogP contribution < -0.4 is 0 Å². The summed E-state index contributed by atoms with van der Waals surface area (Å²) in [6.45, 7) is 2.17. The maximum Gasteiger partial charge on any atom is 0.0471 e. The Morgan fingerprint density at radius 2 is 1.35 bits per heavy atom. The predicted octanol–water partition coefficient (Wildman–Crippen LogP) is 5.30. The molecule has 1 aromatic heterocycles. The Bertz CT molecular complexity index is 915. The molecule has 1 N–H and O–H groups in total. The zero-order valence-electron chi connectivity index (χ0n) is 11.4. The highest BCUT2D eigenvalue weighted by Crippen LogP contribution is 2.35. The average Bonchev–Trinajstić information content (AvgIpc) is 2.86. The van der Waals surface area contributed by atoms with Gasteiger partial charge in [-0.1, -0.05) is 54.6 Å². The Kier molecular flexibility index (Phi) is 2.40. The number of aryl methyl sites for hydroxylation is 1. The molecule has 0 unspecified atom stereocenters. The van der Waals surface area contributed by atoms with Crippen LogP contribution in [-0.4, -0.2) is 4.98 Å². The minimum absolute atomic E-state index is 1.20. The van der Waals surface area contributed by atoms with E-state index in [9.17, 15) is 0 Å². The quantitative estimate of drug-likeness (QED) is 0.476. The van der Waals surface area contributed by atoms with Crippen LogP contribution in [0, 0.1) is 6.92 Å². The van der Waals surface area contributed by atoms with Crippen molar-refractivity contribution in [3.63, 3.8) is 0 Å². The van der Waals surface area contributed by atoms with Gasteiger partial charge < -0.3 is 4.98 Å². The molecule has 0 bridgehead atoms. The van der Waals surface area contributed by atoms with Gasteiger partial charge in [-0.15, -0.1) is 0 Å². The van der Waals surface area contributed by atoms with Gasteiger partial charge in [0.25, 0.3) is 0 Å². The van der Waals surface area contributed by atoms with E-state index in [1.165, 1.54) is 38.5 Å². The minimum atomic E-state index is 1.20. The lowest BCUT2D eigenvalue weighted by atomic mass is 9.96. The number of benzene rings is 3. The summed E-state index contributed by atoms with van der Waals surface area (Å²) in [5, 5.41) is 2.61. The first-order chi connectivity index (χ1) is 9.84. The molecule has 0 aliphatic carbocycles. The number of aromatic amines is 1. The normalized spacial score (nSPS) is 11.2. The molecule has 1 nitrogen and oxygen atoms in total. The van der Waals surface area contributed by atoms with E-state index in [1.54, 1.807) is 0 Å². The van der Waals surface area contributed by atoms with Gasteiger partial charge in [0.1, 0.15) is 0 Å². The van der Waals surface area contributed by atoms with E-state index in [0.717, 1.165) is 0 Å². The monoisotopic (exact) mass is 257 g/mol. The Morgan fingerprint density at radius 1 is 0.650 bits per heavy atom. The summed E-state index contributed by atoms with van der Waals surface area (Å²) < 4.78 is 0. The maximum absolute atomic E-state index is 3.51. The average molecular weight is 257 g/mol. The molecule has 0 amide bonds. The lowest BCUT2D eigenvalue weighted by Crippen LogP contribution is -1.83. The van der Waals surface area contributed by atoms with Gasteiger partial charge in [-0.05, 0) is 35.7 Å². The molecule has 0 saturated carbocycles. The van der Waals surface area contributed by atoms with E-state index in [4.69, 9.17) is 0 Å². The molecule has 1 heteroatoms. The van der Waals surface area contributed by atoms with Gasteiger partial charge >= 0.3 is 0 Å². The van der Waals surface area contributed by atoms with Crippen molar-refractivity contribution < 1.29 is 0 Å². The summed E-state index contributed by atoms with van der Waals surface area (Å²) in [4.78, 5) is 3.51. The Hall–Kier alpha value is -2.54. The Balaban J connectivity index is 2.17. The Morgan fingerprint density at radius 3 is 2.25 bits per heavy atom. The number of para-hydroxylation sites is 1. The fourth-order valence-corrected chi connectivity index (χ4v) is 3.00. The second-order valence-corrected chi connectivity index (χ2v) is 5.21. The number of aromatic nitrogens is 1. The first kappa shape index (κ1) is 11.3. The molecule has 0 aliphatic rings. The van der Waals surface area contributed by atoms with E-state index in [2.05, 4.69) is 78.6 Å². The number of rotatable bonds is 1. The molecule has 0 fully saturated rings. The molecule has 0 aliphatic heterocycles. The highest BCUT2D eigenvalue weighted by Gasteiger charge is 2.10. The van der Waals surface area contributed by atoms with Crippen LogP contribution in [0.4, 0.5) is 0 Å². The summed E-state index contributed by atoms with van der Waals surface area (Å²) >= 11 is 0.